The highest BCUT2D eigenvalue weighted by Crippen LogP contribution is 2.29. The maximum absolute atomic E-state index is 5.54. The summed E-state index contributed by atoms with van der Waals surface area (Å²) >= 11 is 0. The molecule has 152 valence electrons. The Kier molecular flexibility index (Phi) is 7.60. The van der Waals surface area contributed by atoms with Crippen LogP contribution in [0.4, 0.5) is 5.69 Å². The number of nitrogens with zero attached hydrogens (tertiary/aromatic N) is 3. The first-order chi connectivity index (χ1) is 13.3. The molecule has 0 aromatic heterocycles. The number of para-hydroxylation sites is 2. The molecular formula is C23H32ClN3O. The van der Waals surface area contributed by atoms with Crippen molar-refractivity contribution in [3.8, 4) is 5.75 Å². The van der Waals surface area contributed by atoms with Gasteiger partial charge in [0.05, 0.1) is 12.8 Å². The van der Waals surface area contributed by atoms with Gasteiger partial charge in [0.1, 0.15) is 5.75 Å². The van der Waals surface area contributed by atoms with Gasteiger partial charge in [-0.3, -0.25) is 9.80 Å². The molecule has 0 radical (unpaired) electrons. The largest absolute Gasteiger partial charge is 0.495 e. The van der Waals surface area contributed by atoms with E-state index in [1.807, 2.05) is 6.07 Å². The first-order valence-corrected chi connectivity index (χ1v) is 10.2. The molecule has 2 aromatic carbocycles. The maximum atomic E-state index is 5.54. The minimum absolute atomic E-state index is 0. The number of hydrogen-bond donors (Lipinski definition) is 0. The van der Waals surface area contributed by atoms with Crippen LogP contribution in [0.3, 0.4) is 0 Å². The lowest BCUT2D eigenvalue weighted by Crippen LogP contribution is -2.53. The number of piperidine rings is 1. The van der Waals surface area contributed by atoms with Crippen molar-refractivity contribution < 1.29 is 4.74 Å². The number of piperazine rings is 1. The maximum Gasteiger partial charge on any atom is 0.142 e. The predicted molar refractivity (Wildman–Crippen MR) is 119 cm³/mol. The molecule has 0 atom stereocenters. The van der Waals surface area contributed by atoms with Crippen LogP contribution in [0.1, 0.15) is 18.4 Å². The van der Waals surface area contributed by atoms with E-state index >= 15 is 0 Å². The number of rotatable bonds is 5. The molecule has 4 nitrogen and oxygen atoms in total. The lowest BCUT2D eigenvalue weighted by molar-refractivity contribution is 0.0997. The highest BCUT2D eigenvalue weighted by atomic mass is 35.5. The van der Waals surface area contributed by atoms with Crippen LogP contribution >= 0.6 is 12.4 Å². The summed E-state index contributed by atoms with van der Waals surface area (Å²) in [6.07, 6.45) is 2.59. The van der Waals surface area contributed by atoms with E-state index in [4.69, 9.17) is 4.74 Å². The number of benzene rings is 2. The van der Waals surface area contributed by atoms with Gasteiger partial charge in [0.15, 0.2) is 0 Å². The molecule has 0 bridgehead atoms. The minimum atomic E-state index is 0. The van der Waals surface area contributed by atoms with Crippen molar-refractivity contribution in [1.82, 2.24) is 9.80 Å². The lowest BCUT2D eigenvalue weighted by atomic mass is 10.0. The Morgan fingerprint density at radius 2 is 1.46 bits per heavy atom. The van der Waals surface area contributed by atoms with Crippen LogP contribution in [0.5, 0.6) is 5.75 Å². The van der Waals surface area contributed by atoms with E-state index in [0.717, 1.165) is 44.5 Å². The second kappa shape index (κ2) is 10.1. The number of ether oxygens (including phenoxy) is 1. The van der Waals surface area contributed by atoms with Gasteiger partial charge in [0.2, 0.25) is 0 Å². The highest BCUT2D eigenvalue weighted by Gasteiger charge is 2.28. The van der Waals surface area contributed by atoms with Crippen LogP contribution in [0, 0.1) is 0 Å². The van der Waals surface area contributed by atoms with Gasteiger partial charge in [0.25, 0.3) is 0 Å². The molecule has 2 aromatic rings. The van der Waals surface area contributed by atoms with Gasteiger partial charge in [-0.15, -0.1) is 12.4 Å². The summed E-state index contributed by atoms with van der Waals surface area (Å²) in [6.45, 7) is 8.01. The minimum Gasteiger partial charge on any atom is -0.495 e. The SMILES string of the molecule is COc1ccccc1N1CCN(C2CCN(Cc3ccccc3)CC2)CC1.Cl. The molecule has 5 heteroatoms. The Morgan fingerprint density at radius 1 is 0.821 bits per heavy atom. The fourth-order valence-corrected chi connectivity index (χ4v) is 4.50. The number of halogens is 1. The molecule has 4 rings (SSSR count). The van der Waals surface area contributed by atoms with Gasteiger partial charge in [-0.1, -0.05) is 42.5 Å². The standard InChI is InChI=1S/C23H31N3O.ClH/c1-27-23-10-6-5-9-22(23)26-17-15-25(16-18-26)21-11-13-24(14-12-21)19-20-7-3-2-4-8-20;/h2-10,21H,11-19H2,1H3;1H. The van der Waals surface area contributed by atoms with Crippen LogP contribution in [0.2, 0.25) is 0 Å². The van der Waals surface area contributed by atoms with Crippen molar-refractivity contribution in [1.29, 1.82) is 0 Å². The molecule has 2 aliphatic heterocycles. The summed E-state index contributed by atoms with van der Waals surface area (Å²) in [5, 5.41) is 0. The van der Waals surface area contributed by atoms with Gasteiger partial charge < -0.3 is 9.64 Å². The van der Waals surface area contributed by atoms with Gasteiger partial charge in [-0.05, 0) is 43.6 Å². The molecular weight excluding hydrogens is 370 g/mol. The van der Waals surface area contributed by atoms with Crippen LogP contribution in [0.15, 0.2) is 54.6 Å². The molecule has 2 aliphatic rings. The predicted octanol–water partition coefficient (Wildman–Crippen LogP) is 3.90. The summed E-state index contributed by atoms with van der Waals surface area (Å²) in [5.74, 6) is 0.986. The Morgan fingerprint density at radius 3 is 2.14 bits per heavy atom. The molecule has 28 heavy (non-hydrogen) atoms. The average molecular weight is 402 g/mol. The molecule has 0 saturated carbocycles. The third-order valence-electron chi connectivity index (χ3n) is 6.06. The molecule has 2 saturated heterocycles. The fraction of sp³-hybridized carbons (Fsp3) is 0.478. The summed E-state index contributed by atoms with van der Waals surface area (Å²) in [4.78, 5) is 7.79. The normalized spacial score (nSPS) is 19.2. The van der Waals surface area contributed by atoms with Crippen molar-refractivity contribution in [2.24, 2.45) is 0 Å². The summed E-state index contributed by atoms with van der Waals surface area (Å²) < 4.78 is 5.54. The zero-order valence-electron chi connectivity index (χ0n) is 16.8. The van der Waals surface area contributed by atoms with Crippen molar-refractivity contribution in [2.75, 3.05) is 51.3 Å². The van der Waals surface area contributed by atoms with E-state index in [1.165, 1.54) is 37.2 Å². The second-order valence-electron chi connectivity index (χ2n) is 7.69. The molecule has 0 aliphatic carbocycles. The highest BCUT2D eigenvalue weighted by molar-refractivity contribution is 5.85. The van der Waals surface area contributed by atoms with Crippen molar-refractivity contribution in [3.63, 3.8) is 0 Å². The summed E-state index contributed by atoms with van der Waals surface area (Å²) in [5.41, 5.74) is 2.67. The molecule has 0 unspecified atom stereocenters. The molecule has 2 fully saturated rings. The lowest BCUT2D eigenvalue weighted by Gasteiger charge is -2.43. The van der Waals surface area contributed by atoms with Crippen LogP contribution in [-0.2, 0) is 6.54 Å². The van der Waals surface area contributed by atoms with Crippen LogP contribution in [0.25, 0.3) is 0 Å². The van der Waals surface area contributed by atoms with Crippen LogP contribution in [-0.4, -0.2) is 62.2 Å². The Hall–Kier alpha value is -1.75. The average Bonchev–Trinajstić information content (AvgIpc) is 2.75. The first kappa shape index (κ1) is 21.0. The van der Waals surface area contributed by atoms with Gasteiger partial charge in [-0.25, -0.2) is 0 Å². The number of hydrogen-bond acceptors (Lipinski definition) is 4. The fourth-order valence-electron chi connectivity index (χ4n) is 4.50. The van der Waals surface area contributed by atoms with Crippen molar-refractivity contribution in [3.05, 3.63) is 60.2 Å². The summed E-state index contributed by atoms with van der Waals surface area (Å²) in [7, 11) is 1.76. The summed E-state index contributed by atoms with van der Waals surface area (Å²) in [6, 6.07) is 20.0. The molecule has 0 amide bonds. The Balaban J connectivity index is 0.00000225. The van der Waals surface area contributed by atoms with E-state index in [0.29, 0.717) is 0 Å². The Bertz CT molecular complexity index is 711. The zero-order chi connectivity index (χ0) is 18.5. The molecule has 2 heterocycles. The monoisotopic (exact) mass is 401 g/mol. The van der Waals surface area contributed by atoms with Crippen molar-refractivity contribution in [2.45, 2.75) is 25.4 Å². The topological polar surface area (TPSA) is 19.0 Å². The van der Waals surface area contributed by atoms with E-state index < -0.39 is 0 Å². The number of anilines is 1. The van der Waals surface area contributed by atoms with E-state index in [9.17, 15) is 0 Å². The van der Waals surface area contributed by atoms with E-state index in [-0.39, 0.29) is 12.4 Å². The second-order valence-corrected chi connectivity index (χ2v) is 7.69. The Labute approximate surface area is 175 Å². The quantitative estimate of drug-likeness (QED) is 0.756. The van der Waals surface area contributed by atoms with Gasteiger partial charge >= 0.3 is 0 Å². The van der Waals surface area contributed by atoms with Crippen molar-refractivity contribution >= 4 is 18.1 Å². The molecule has 0 spiro atoms. The van der Waals surface area contributed by atoms with E-state index in [1.54, 1.807) is 7.11 Å². The van der Waals surface area contributed by atoms with Gasteiger partial charge in [0, 0.05) is 38.8 Å². The molecule has 0 N–H and O–H groups in total. The smallest absolute Gasteiger partial charge is 0.142 e. The first-order valence-electron chi connectivity index (χ1n) is 10.2. The third kappa shape index (κ3) is 4.99. The van der Waals surface area contributed by atoms with E-state index in [2.05, 4.69) is 63.2 Å². The third-order valence-corrected chi connectivity index (χ3v) is 6.06. The number of likely N-dealkylation sites (tertiary alicyclic amines) is 1. The number of methoxy groups -OCH3 is 1. The van der Waals surface area contributed by atoms with Gasteiger partial charge in [-0.2, -0.15) is 0 Å². The van der Waals surface area contributed by atoms with Crippen LogP contribution < -0.4 is 9.64 Å². The zero-order valence-corrected chi connectivity index (χ0v) is 17.6.